The Kier molecular flexibility index (Phi) is 4.42. The summed E-state index contributed by atoms with van der Waals surface area (Å²) in [6.07, 6.45) is 3.58. The number of sulfonamides is 1. The Hall–Kier alpha value is -1.14. The van der Waals surface area contributed by atoms with E-state index in [1.165, 1.54) is 0 Å². The van der Waals surface area contributed by atoms with Crippen molar-refractivity contribution in [3.05, 3.63) is 18.3 Å². The molecule has 0 amide bonds. The SMILES string of the molecule is CCNc1ncccc1S(=O)(=O)N1CCC(CC)C1. The van der Waals surface area contributed by atoms with Crippen LogP contribution in [0, 0.1) is 5.92 Å². The fourth-order valence-electron chi connectivity index (χ4n) is 2.39. The molecule has 1 aromatic heterocycles. The molecule has 1 saturated heterocycles. The van der Waals surface area contributed by atoms with Crippen LogP contribution in [0.25, 0.3) is 0 Å². The van der Waals surface area contributed by atoms with E-state index in [0.29, 0.717) is 31.4 Å². The zero-order valence-electron chi connectivity index (χ0n) is 11.5. The standard InChI is InChI=1S/C13H21N3O2S/c1-3-11-7-9-16(10-11)19(17,18)12-6-5-8-15-13(12)14-4-2/h5-6,8,11H,3-4,7,9-10H2,1-2H3,(H,14,15). The van der Waals surface area contributed by atoms with Crippen LogP contribution in [-0.4, -0.2) is 37.3 Å². The van der Waals surface area contributed by atoms with Crippen molar-refractivity contribution in [2.75, 3.05) is 25.0 Å². The average Bonchev–Trinajstić information content (AvgIpc) is 2.89. The molecule has 0 aromatic carbocycles. The van der Waals surface area contributed by atoms with Gasteiger partial charge in [-0.25, -0.2) is 13.4 Å². The Balaban J connectivity index is 2.30. The minimum absolute atomic E-state index is 0.286. The second kappa shape index (κ2) is 5.88. The summed E-state index contributed by atoms with van der Waals surface area (Å²) < 4.78 is 26.9. The van der Waals surface area contributed by atoms with Crippen LogP contribution in [0.15, 0.2) is 23.2 Å². The predicted molar refractivity (Wildman–Crippen MR) is 75.6 cm³/mol. The molecule has 2 rings (SSSR count). The van der Waals surface area contributed by atoms with Gasteiger partial charge < -0.3 is 5.32 Å². The molecule has 1 unspecified atom stereocenters. The van der Waals surface area contributed by atoms with Gasteiger partial charge in [0.1, 0.15) is 10.7 Å². The molecule has 1 aromatic rings. The first-order valence-corrected chi connectivity index (χ1v) is 8.22. The molecule has 0 aliphatic carbocycles. The molecular formula is C13H21N3O2S. The number of rotatable bonds is 5. The second-order valence-electron chi connectivity index (χ2n) is 4.81. The monoisotopic (exact) mass is 283 g/mol. The zero-order chi connectivity index (χ0) is 13.9. The third-order valence-electron chi connectivity index (χ3n) is 3.56. The molecule has 19 heavy (non-hydrogen) atoms. The van der Waals surface area contributed by atoms with E-state index in [4.69, 9.17) is 0 Å². The summed E-state index contributed by atoms with van der Waals surface area (Å²) in [5.41, 5.74) is 0. The molecule has 1 N–H and O–H groups in total. The molecule has 2 heterocycles. The number of pyridine rings is 1. The molecule has 0 radical (unpaired) electrons. The summed E-state index contributed by atoms with van der Waals surface area (Å²) in [4.78, 5) is 4.41. The van der Waals surface area contributed by atoms with Gasteiger partial charge in [-0.15, -0.1) is 0 Å². The fourth-order valence-corrected chi connectivity index (χ4v) is 4.04. The van der Waals surface area contributed by atoms with Crippen molar-refractivity contribution in [2.45, 2.75) is 31.6 Å². The van der Waals surface area contributed by atoms with Crippen molar-refractivity contribution in [3.8, 4) is 0 Å². The Morgan fingerprint density at radius 3 is 2.89 bits per heavy atom. The quantitative estimate of drug-likeness (QED) is 0.897. The lowest BCUT2D eigenvalue weighted by atomic mass is 10.1. The van der Waals surface area contributed by atoms with Crippen molar-refractivity contribution in [3.63, 3.8) is 0 Å². The van der Waals surface area contributed by atoms with Crippen LogP contribution in [0.4, 0.5) is 5.82 Å². The van der Waals surface area contributed by atoms with Gasteiger partial charge in [0.2, 0.25) is 10.0 Å². The highest BCUT2D eigenvalue weighted by Gasteiger charge is 2.33. The van der Waals surface area contributed by atoms with Crippen LogP contribution in [0.3, 0.4) is 0 Å². The molecule has 0 spiro atoms. The molecule has 0 bridgehead atoms. The normalized spacial score (nSPS) is 20.6. The zero-order valence-corrected chi connectivity index (χ0v) is 12.3. The average molecular weight is 283 g/mol. The Labute approximate surface area is 115 Å². The van der Waals surface area contributed by atoms with E-state index in [1.54, 1.807) is 22.6 Å². The van der Waals surface area contributed by atoms with Gasteiger partial charge >= 0.3 is 0 Å². The molecule has 1 fully saturated rings. The number of hydrogen-bond donors (Lipinski definition) is 1. The maximum absolute atomic E-state index is 12.6. The van der Waals surface area contributed by atoms with Crippen LogP contribution >= 0.6 is 0 Å². The molecule has 5 nitrogen and oxygen atoms in total. The van der Waals surface area contributed by atoms with Crippen LogP contribution in [0.2, 0.25) is 0 Å². The van der Waals surface area contributed by atoms with E-state index in [9.17, 15) is 8.42 Å². The lowest BCUT2D eigenvalue weighted by molar-refractivity contribution is 0.453. The van der Waals surface area contributed by atoms with E-state index >= 15 is 0 Å². The number of hydrogen-bond acceptors (Lipinski definition) is 4. The molecule has 106 valence electrons. The molecular weight excluding hydrogens is 262 g/mol. The van der Waals surface area contributed by atoms with Crippen LogP contribution < -0.4 is 5.32 Å². The highest BCUT2D eigenvalue weighted by atomic mass is 32.2. The van der Waals surface area contributed by atoms with Crippen molar-refractivity contribution < 1.29 is 8.42 Å². The molecule has 1 aliphatic rings. The smallest absolute Gasteiger partial charge is 0.246 e. The van der Waals surface area contributed by atoms with E-state index in [2.05, 4.69) is 17.2 Å². The van der Waals surface area contributed by atoms with Gasteiger partial charge in [0.25, 0.3) is 0 Å². The van der Waals surface area contributed by atoms with Gasteiger partial charge in [-0.2, -0.15) is 4.31 Å². The van der Waals surface area contributed by atoms with Gasteiger partial charge in [0.05, 0.1) is 0 Å². The molecule has 1 aliphatic heterocycles. The first kappa shape index (κ1) is 14.3. The van der Waals surface area contributed by atoms with Crippen molar-refractivity contribution >= 4 is 15.8 Å². The van der Waals surface area contributed by atoms with Gasteiger partial charge in [0.15, 0.2) is 0 Å². The van der Waals surface area contributed by atoms with Crippen LogP contribution in [0.1, 0.15) is 26.7 Å². The summed E-state index contributed by atoms with van der Waals surface area (Å²) >= 11 is 0. The van der Waals surface area contributed by atoms with Crippen LogP contribution in [0.5, 0.6) is 0 Å². The first-order chi connectivity index (χ1) is 9.09. The summed E-state index contributed by atoms with van der Waals surface area (Å²) in [5.74, 6) is 0.930. The number of aromatic nitrogens is 1. The lowest BCUT2D eigenvalue weighted by Gasteiger charge is -2.18. The summed E-state index contributed by atoms with van der Waals surface area (Å²) in [6, 6.07) is 3.29. The molecule has 0 saturated carbocycles. The Morgan fingerprint density at radius 2 is 2.26 bits per heavy atom. The van der Waals surface area contributed by atoms with Crippen molar-refractivity contribution in [1.29, 1.82) is 0 Å². The summed E-state index contributed by atoms with van der Waals surface area (Å²) in [6.45, 7) is 5.92. The van der Waals surface area contributed by atoms with E-state index in [0.717, 1.165) is 12.8 Å². The minimum Gasteiger partial charge on any atom is -0.369 e. The molecule has 1 atom stereocenters. The highest BCUT2D eigenvalue weighted by molar-refractivity contribution is 7.89. The van der Waals surface area contributed by atoms with E-state index in [1.807, 2.05) is 6.92 Å². The maximum atomic E-state index is 12.6. The fraction of sp³-hybridized carbons (Fsp3) is 0.615. The summed E-state index contributed by atoms with van der Waals surface area (Å²) in [7, 11) is -3.43. The van der Waals surface area contributed by atoms with Gasteiger partial charge in [-0.3, -0.25) is 0 Å². The molecule has 6 heteroatoms. The Bertz CT molecular complexity index is 530. The van der Waals surface area contributed by atoms with Crippen LogP contribution in [-0.2, 0) is 10.0 Å². The number of nitrogens with zero attached hydrogens (tertiary/aromatic N) is 2. The largest absolute Gasteiger partial charge is 0.369 e. The topological polar surface area (TPSA) is 62.3 Å². The highest BCUT2D eigenvalue weighted by Crippen LogP contribution is 2.28. The van der Waals surface area contributed by atoms with Crippen molar-refractivity contribution in [2.24, 2.45) is 5.92 Å². The third kappa shape index (κ3) is 2.90. The van der Waals surface area contributed by atoms with Crippen molar-refractivity contribution in [1.82, 2.24) is 9.29 Å². The van der Waals surface area contributed by atoms with Gasteiger partial charge in [-0.05, 0) is 31.4 Å². The predicted octanol–water partition coefficient (Wildman–Crippen LogP) is 1.93. The number of anilines is 1. The maximum Gasteiger partial charge on any atom is 0.246 e. The third-order valence-corrected chi connectivity index (χ3v) is 5.46. The number of nitrogens with one attached hydrogen (secondary N) is 1. The van der Waals surface area contributed by atoms with Gasteiger partial charge in [-0.1, -0.05) is 13.3 Å². The Morgan fingerprint density at radius 1 is 1.47 bits per heavy atom. The first-order valence-electron chi connectivity index (χ1n) is 6.78. The lowest BCUT2D eigenvalue weighted by Crippen LogP contribution is -2.29. The van der Waals surface area contributed by atoms with E-state index in [-0.39, 0.29) is 4.90 Å². The van der Waals surface area contributed by atoms with E-state index < -0.39 is 10.0 Å². The summed E-state index contributed by atoms with van der Waals surface area (Å²) in [5, 5.41) is 3.01. The minimum atomic E-state index is -3.43. The second-order valence-corrected chi connectivity index (χ2v) is 6.71. The van der Waals surface area contributed by atoms with Gasteiger partial charge in [0, 0.05) is 25.8 Å².